The Morgan fingerprint density at radius 1 is 1.64 bits per heavy atom. The minimum Gasteiger partial charge on any atom is -0.266 e. The third kappa shape index (κ3) is 2.82. The molecule has 0 aromatic carbocycles. The summed E-state index contributed by atoms with van der Waals surface area (Å²) >= 11 is 0. The predicted molar refractivity (Wildman–Crippen MR) is 56.5 cm³/mol. The fourth-order valence-corrected chi connectivity index (χ4v) is 2.89. The summed E-state index contributed by atoms with van der Waals surface area (Å²) < 4.78 is 27.2. The lowest BCUT2D eigenvalue weighted by Gasteiger charge is -2.29. The molecule has 1 saturated carbocycles. The molecular weight excluding hydrogens is 200 g/mol. The Balaban J connectivity index is 2.73. The van der Waals surface area contributed by atoms with Gasteiger partial charge in [-0.2, -0.15) is 8.42 Å². The van der Waals surface area contributed by atoms with E-state index >= 15 is 0 Å². The minimum atomic E-state index is -3.33. The maximum Gasteiger partial charge on any atom is 0.264 e. The molecule has 82 valence electrons. The average Bonchev–Trinajstić information content (AvgIpc) is 2.30. The van der Waals surface area contributed by atoms with Gasteiger partial charge in [-0.1, -0.05) is 19.4 Å². The van der Waals surface area contributed by atoms with Crippen LogP contribution in [0.3, 0.4) is 0 Å². The summed E-state index contributed by atoms with van der Waals surface area (Å²) in [5.74, 6) is 0. The molecule has 1 aliphatic rings. The summed E-state index contributed by atoms with van der Waals surface area (Å²) in [6, 6.07) is 0. The lowest BCUT2D eigenvalue weighted by Crippen LogP contribution is -2.30. The van der Waals surface area contributed by atoms with Crippen molar-refractivity contribution >= 4 is 10.1 Å². The normalized spacial score (nSPS) is 33.1. The molecule has 0 aromatic heterocycles. The zero-order chi connectivity index (χ0) is 10.8. The molecule has 0 N–H and O–H groups in total. The maximum absolute atomic E-state index is 11.0. The van der Waals surface area contributed by atoms with Gasteiger partial charge in [-0.3, -0.25) is 4.18 Å². The van der Waals surface area contributed by atoms with Crippen LogP contribution < -0.4 is 0 Å². The molecule has 4 heteroatoms. The van der Waals surface area contributed by atoms with E-state index in [1.807, 2.05) is 6.08 Å². The van der Waals surface area contributed by atoms with E-state index in [-0.39, 0.29) is 11.5 Å². The van der Waals surface area contributed by atoms with Gasteiger partial charge in [-0.25, -0.2) is 0 Å². The van der Waals surface area contributed by atoms with Crippen LogP contribution in [0.2, 0.25) is 0 Å². The number of allylic oxidation sites excluding steroid dienone is 1. The Bertz CT molecular complexity index is 307. The van der Waals surface area contributed by atoms with Gasteiger partial charge in [0.15, 0.2) is 0 Å². The van der Waals surface area contributed by atoms with Crippen LogP contribution in [0.5, 0.6) is 0 Å². The molecule has 0 radical (unpaired) electrons. The quantitative estimate of drug-likeness (QED) is 0.536. The molecule has 0 aromatic rings. The molecular formula is C10H18O3S. The van der Waals surface area contributed by atoms with Crippen molar-refractivity contribution in [2.75, 3.05) is 6.26 Å². The van der Waals surface area contributed by atoms with E-state index in [0.29, 0.717) is 0 Å². The topological polar surface area (TPSA) is 43.4 Å². The number of hydrogen-bond donors (Lipinski definition) is 0. The van der Waals surface area contributed by atoms with E-state index in [1.54, 1.807) is 0 Å². The standard InChI is InChI=1S/C10H18O3S/c1-4-7-10(2)8-5-6-9(10)13-14(3,11)12/h4,9H,1,5-8H2,2-3H3/t9-,10-/m1/s1. The highest BCUT2D eigenvalue weighted by Gasteiger charge is 2.40. The first-order chi connectivity index (χ1) is 6.37. The van der Waals surface area contributed by atoms with Crippen molar-refractivity contribution in [1.82, 2.24) is 0 Å². The number of hydrogen-bond acceptors (Lipinski definition) is 3. The highest BCUT2D eigenvalue weighted by atomic mass is 32.2. The molecule has 3 nitrogen and oxygen atoms in total. The molecule has 1 fully saturated rings. The molecule has 0 spiro atoms. The molecule has 0 heterocycles. The largest absolute Gasteiger partial charge is 0.266 e. The predicted octanol–water partition coefficient (Wildman–Crippen LogP) is 2.10. The average molecular weight is 218 g/mol. The van der Waals surface area contributed by atoms with Crippen LogP contribution >= 0.6 is 0 Å². The van der Waals surface area contributed by atoms with Crippen molar-refractivity contribution in [1.29, 1.82) is 0 Å². The Labute approximate surface area is 86.3 Å². The molecule has 1 rings (SSSR count). The van der Waals surface area contributed by atoms with Crippen molar-refractivity contribution in [2.24, 2.45) is 5.41 Å². The SMILES string of the molecule is C=CC[C@]1(C)CCC[C@H]1OS(C)(=O)=O. The van der Waals surface area contributed by atoms with E-state index in [0.717, 1.165) is 31.9 Å². The van der Waals surface area contributed by atoms with Crippen molar-refractivity contribution in [3.05, 3.63) is 12.7 Å². The van der Waals surface area contributed by atoms with Gasteiger partial charge < -0.3 is 0 Å². The van der Waals surface area contributed by atoms with Crippen LogP contribution in [0.15, 0.2) is 12.7 Å². The van der Waals surface area contributed by atoms with E-state index in [1.165, 1.54) is 0 Å². The molecule has 0 unspecified atom stereocenters. The molecule has 0 amide bonds. The summed E-state index contributed by atoms with van der Waals surface area (Å²) in [4.78, 5) is 0. The Morgan fingerprint density at radius 2 is 2.29 bits per heavy atom. The Hall–Kier alpha value is -0.350. The van der Waals surface area contributed by atoms with Crippen molar-refractivity contribution in [2.45, 2.75) is 38.7 Å². The molecule has 0 saturated heterocycles. The van der Waals surface area contributed by atoms with Gasteiger partial charge in [0.05, 0.1) is 12.4 Å². The molecule has 14 heavy (non-hydrogen) atoms. The van der Waals surface area contributed by atoms with Gasteiger partial charge in [-0.15, -0.1) is 6.58 Å². The van der Waals surface area contributed by atoms with Gasteiger partial charge in [0.2, 0.25) is 0 Å². The van der Waals surface area contributed by atoms with E-state index in [2.05, 4.69) is 13.5 Å². The summed E-state index contributed by atoms with van der Waals surface area (Å²) in [6.45, 7) is 5.76. The van der Waals surface area contributed by atoms with Crippen LogP contribution in [-0.4, -0.2) is 20.8 Å². The summed E-state index contributed by atoms with van der Waals surface area (Å²) in [5, 5.41) is 0. The summed E-state index contributed by atoms with van der Waals surface area (Å²) in [7, 11) is -3.33. The van der Waals surface area contributed by atoms with E-state index in [4.69, 9.17) is 4.18 Å². The fourth-order valence-electron chi connectivity index (χ4n) is 2.14. The molecule has 2 atom stereocenters. The smallest absolute Gasteiger partial charge is 0.264 e. The molecule has 0 aliphatic heterocycles. The Morgan fingerprint density at radius 3 is 2.79 bits per heavy atom. The van der Waals surface area contributed by atoms with Crippen molar-refractivity contribution < 1.29 is 12.6 Å². The van der Waals surface area contributed by atoms with Crippen molar-refractivity contribution in [3.63, 3.8) is 0 Å². The van der Waals surface area contributed by atoms with Gasteiger partial charge in [-0.05, 0) is 24.7 Å². The zero-order valence-electron chi connectivity index (χ0n) is 8.82. The second-order valence-electron chi connectivity index (χ2n) is 4.33. The van der Waals surface area contributed by atoms with Crippen LogP contribution in [0.25, 0.3) is 0 Å². The van der Waals surface area contributed by atoms with Crippen LogP contribution in [0.1, 0.15) is 32.6 Å². The highest BCUT2D eigenvalue weighted by molar-refractivity contribution is 7.86. The van der Waals surface area contributed by atoms with E-state index in [9.17, 15) is 8.42 Å². The third-order valence-electron chi connectivity index (χ3n) is 2.89. The fraction of sp³-hybridized carbons (Fsp3) is 0.800. The van der Waals surface area contributed by atoms with Crippen LogP contribution in [0.4, 0.5) is 0 Å². The third-order valence-corrected chi connectivity index (χ3v) is 3.48. The Kier molecular flexibility index (Phi) is 3.37. The number of rotatable bonds is 4. The zero-order valence-corrected chi connectivity index (χ0v) is 9.64. The second kappa shape index (κ2) is 4.03. The lowest BCUT2D eigenvalue weighted by atomic mass is 9.83. The summed E-state index contributed by atoms with van der Waals surface area (Å²) in [5.41, 5.74) is -0.0508. The van der Waals surface area contributed by atoms with Gasteiger partial charge in [0.25, 0.3) is 10.1 Å². The van der Waals surface area contributed by atoms with Crippen LogP contribution in [-0.2, 0) is 14.3 Å². The van der Waals surface area contributed by atoms with Gasteiger partial charge in [0.1, 0.15) is 0 Å². The van der Waals surface area contributed by atoms with Gasteiger partial charge >= 0.3 is 0 Å². The summed E-state index contributed by atoms with van der Waals surface area (Å²) in [6.07, 6.45) is 6.47. The van der Waals surface area contributed by atoms with E-state index < -0.39 is 10.1 Å². The minimum absolute atomic E-state index is 0.0508. The highest BCUT2D eigenvalue weighted by Crippen LogP contribution is 2.43. The molecule has 0 bridgehead atoms. The second-order valence-corrected chi connectivity index (χ2v) is 5.93. The van der Waals surface area contributed by atoms with Crippen LogP contribution in [0, 0.1) is 5.41 Å². The lowest BCUT2D eigenvalue weighted by molar-refractivity contribution is 0.0985. The van der Waals surface area contributed by atoms with Gasteiger partial charge in [0, 0.05) is 0 Å². The first-order valence-electron chi connectivity index (χ1n) is 4.86. The molecule has 1 aliphatic carbocycles. The maximum atomic E-state index is 11.0. The first-order valence-corrected chi connectivity index (χ1v) is 6.68. The monoisotopic (exact) mass is 218 g/mol. The van der Waals surface area contributed by atoms with Crippen molar-refractivity contribution in [3.8, 4) is 0 Å². The first kappa shape index (κ1) is 11.7.